The zero-order valence-corrected chi connectivity index (χ0v) is 21.0. The smallest absolute Gasteiger partial charge is 0.231 e. The average Bonchev–Trinajstić information content (AvgIpc) is 3.55. The van der Waals surface area contributed by atoms with Crippen molar-refractivity contribution in [2.24, 2.45) is 22.6 Å². The summed E-state index contributed by atoms with van der Waals surface area (Å²) in [6.45, 7) is 8.53. The molecule has 0 spiro atoms. The highest BCUT2D eigenvalue weighted by Crippen LogP contribution is 2.47. The van der Waals surface area contributed by atoms with E-state index in [0.717, 1.165) is 24.2 Å². The molecule has 1 aromatic rings. The predicted octanol–water partition coefficient (Wildman–Crippen LogP) is 3.16. The number of methoxy groups -OCH3 is 1. The summed E-state index contributed by atoms with van der Waals surface area (Å²) in [4.78, 5) is 32.7. The first-order chi connectivity index (χ1) is 16.1. The summed E-state index contributed by atoms with van der Waals surface area (Å²) in [7, 11) is 1.64. The third kappa shape index (κ3) is 4.92. The van der Waals surface area contributed by atoms with Gasteiger partial charge in [0.2, 0.25) is 11.8 Å². The van der Waals surface area contributed by atoms with Gasteiger partial charge >= 0.3 is 0 Å². The molecule has 0 aromatic heterocycles. The first-order valence-electron chi connectivity index (χ1n) is 12.3. The monoisotopic (exact) mass is 470 g/mol. The van der Waals surface area contributed by atoms with Crippen molar-refractivity contribution in [1.82, 2.24) is 10.2 Å². The summed E-state index contributed by atoms with van der Waals surface area (Å²) in [6.07, 6.45) is 3.10. The molecule has 3 N–H and O–H groups in total. The summed E-state index contributed by atoms with van der Waals surface area (Å²) in [5.41, 5.74) is 6.48. The number of para-hydroxylation sites is 1. The number of nitrogens with zero attached hydrogens (tertiary/aromatic N) is 2. The van der Waals surface area contributed by atoms with Gasteiger partial charge in [-0.05, 0) is 52.0 Å². The quantitative estimate of drug-likeness (QED) is 0.607. The van der Waals surface area contributed by atoms with Crippen molar-refractivity contribution in [2.75, 3.05) is 13.7 Å². The Balaban J connectivity index is 1.49. The molecule has 1 unspecified atom stereocenters. The molecular weight excluding hydrogens is 432 g/mol. The van der Waals surface area contributed by atoms with Gasteiger partial charge in [-0.25, -0.2) is 4.99 Å². The highest BCUT2D eigenvalue weighted by molar-refractivity contribution is 5.99. The van der Waals surface area contributed by atoms with Gasteiger partial charge < -0.3 is 20.5 Å². The van der Waals surface area contributed by atoms with Crippen LogP contribution in [0.1, 0.15) is 71.4 Å². The molecule has 8 heteroatoms. The molecule has 4 rings (SSSR count). The maximum Gasteiger partial charge on any atom is 0.231 e. The van der Waals surface area contributed by atoms with E-state index in [1.165, 1.54) is 0 Å². The Bertz CT molecular complexity index is 977. The van der Waals surface area contributed by atoms with E-state index in [1.807, 2.05) is 52.0 Å². The number of amides is 2. The van der Waals surface area contributed by atoms with E-state index >= 15 is 0 Å². The number of hydrogen-bond acceptors (Lipinski definition) is 6. The van der Waals surface area contributed by atoms with Gasteiger partial charge in [-0.15, -0.1) is 0 Å². The number of rotatable bonds is 8. The van der Waals surface area contributed by atoms with Crippen LogP contribution in [0, 0.1) is 11.8 Å². The van der Waals surface area contributed by atoms with Gasteiger partial charge in [0.15, 0.2) is 5.96 Å². The van der Waals surface area contributed by atoms with Crippen molar-refractivity contribution in [3.05, 3.63) is 29.8 Å². The van der Waals surface area contributed by atoms with Crippen molar-refractivity contribution in [3.63, 3.8) is 0 Å². The standard InChI is InChI=1S/C26H38N4O4/c1-6-26(4)15-22(31)30(24(27)29-26)20(11-12-33-5)17-13-18(17)23(32)28-19-14-25(2,3)34-21-10-8-7-9-16(19)21/h7-10,17-20H,6,11-15H2,1-5H3,(H2,27,29)(H,28,32)/t17?,18-,19+,20+,26-/m1/s1. The van der Waals surface area contributed by atoms with Crippen LogP contribution in [-0.2, 0) is 14.3 Å². The molecule has 1 fully saturated rings. The largest absolute Gasteiger partial charge is 0.487 e. The van der Waals surface area contributed by atoms with E-state index in [2.05, 4.69) is 10.3 Å². The average molecular weight is 471 g/mol. The second-order valence-electron chi connectivity index (χ2n) is 10.8. The maximum atomic E-state index is 13.3. The van der Waals surface area contributed by atoms with Crippen LogP contribution in [0.5, 0.6) is 5.75 Å². The zero-order chi connectivity index (χ0) is 24.7. The lowest BCUT2D eigenvalue weighted by atomic mass is 9.89. The molecule has 3 aliphatic rings. The van der Waals surface area contributed by atoms with Gasteiger partial charge in [0.05, 0.1) is 18.0 Å². The molecule has 1 saturated carbocycles. The second kappa shape index (κ2) is 9.21. The first-order valence-corrected chi connectivity index (χ1v) is 12.3. The Hall–Kier alpha value is -2.61. The number of aliphatic imine (C=N–C) groups is 1. The summed E-state index contributed by atoms with van der Waals surface area (Å²) < 4.78 is 11.4. The molecule has 2 heterocycles. The zero-order valence-electron chi connectivity index (χ0n) is 21.0. The van der Waals surface area contributed by atoms with Crippen LogP contribution < -0.4 is 15.8 Å². The number of carbonyl (C=O) groups is 2. The van der Waals surface area contributed by atoms with Gasteiger partial charge in [0, 0.05) is 37.7 Å². The van der Waals surface area contributed by atoms with Crippen molar-refractivity contribution < 1.29 is 19.1 Å². The van der Waals surface area contributed by atoms with Crippen LogP contribution in [0.2, 0.25) is 0 Å². The van der Waals surface area contributed by atoms with Crippen LogP contribution >= 0.6 is 0 Å². The minimum Gasteiger partial charge on any atom is -0.487 e. The number of ether oxygens (including phenoxy) is 2. The molecule has 186 valence electrons. The predicted molar refractivity (Wildman–Crippen MR) is 130 cm³/mol. The van der Waals surface area contributed by atoms with Crippen molar-refractivity contribution >= 4 is 17.8 Å². The Morgan fingerprint density at radius 3 is 2.76 bits per heavy atom. The molecule has 0 bridgehead atoms. The number of hydrogen-bond donors (Lipinski definition) is 2. The number of benzene rings is 1. The minimum atomic E-state index is -0.465. The highest BCUT2D eigenvalue weighted by atomic mass is 16.5. The third-order valence-corrected chi connectivity index (χ3v) is 7.51. The molecule has 0 saturated heterocycles. The van der Waals surface area contributed by atoms with Gasteiger partial charge in [0.1, 0.15) is 11.4 Å². The lowest BCUT2D eigenvalue weighted by Crippen LogP contribution is -2.56. The molecule has 5 atom stereocenters. The van der Waals surface area contributed by atoms with E-state index in [-0.39, 0.29) is 47.3 Å². The fourth-order valence-electron chi connectivity index (χ4n) is 5.39. The lowest BCUT2D eigenvalue weighted by molar-refractivity contribution is -0.132. The number of nitrogens with one attached hydrogen (secondary N) is 1. The molecule has 1 aromatic carbocycles. The van der Waals surface area contributed by atoms with Crippen molar-refractivity contribution in [3.8, 4) is 5.75 Å². The van der Waals surface area contributed by atoms with Crippen LogP contribution in [0.15, 0.2) is 29.3 Å². The second-order valence-corrected chi connectivity index (χ2v) is 10.8. The Labute approximate surface area is 202 Å². The van der Waals surface area contributed by atoms with Crippen LogP contribution in [0.4, 0.5) is 0 Å². The molecular formula is C26H38N4O4. The van der Waals surface area contributed by atoms with Gasteiger partial charge in [-0.2, -0.15) is 0 Å². The van der Waals surface area contributed by atoms with E-state index in [9.17, 15) is 9.59 Å². The summed E-state index contributed by atoms with van der Waals surface area (Å²) >= 11 is 0. The van der Waals surface area contributed by atoms with Gasteiger partial charge in [0.25, 0.3) is 0 Å². The summed E-state index contributed by atoms with van der Waals surface area (Å²) in [5, 5.41) is 3.27. The number of fused-ring (bicyclic) bond motifs is 1. The minimum absolute atomic E-state index is 0.0169. The fraction of sp³-hybridized carbons (Fsp3) is 0.654. The number of guanidine groups is 1. The Morgan fingerprint density at radius 2 is 2.09 bits per heavy atom. The lowest BCUT2D eigenvalue weighted by Gasteiger charge is -2.39. The van der Waals surface area contributed by atoms with Crippen LogP contribution in [-0.4, -0.2) is 53.6 Å². The van der Waals surface area contributed by atoms with E-state index in [1.54, 1.807) is 12.0 Å². The Kier molecular flexibility index (Phi) is 6.64. The van der Waals surface area contributed by atoms with E-state index < -0.39 is 5.54 Å². The van der Waals surface area contributed by atoms with Gasteiger partial charge in [-0.3, -0.25) is 14.5 Å². The maximum absolute atomic E-state index is 13.3. The van der Waals surface area contributed by atoms with Crippen LogP contribution in [0.25, 0.3) is 0 Å². The Morgan fingerprint density at radius 1 is 1.35 bits per heavy atom. The topological polar surface area (TPSA) is 106 Å². The molecule has 0 radical (unpaired) electrons. The van der Waals surface area contributed by atoms with Crippen LogP contribution in [0.3, 0.4) is 0 Å². The summed E-state index contributed by atoms with van der Waals surface area (Å²) in [5.74, 6) is 0.929. The normalized spacial score (nSPS) is 30.6. The van der Waals surface area contributed by atoms with E-state index in [0.29, 0.717) is 25.9 Å². The van der Waals surface area contributed by atoms with E-state index in [4.69, 9.17) is 15.2 Å². The fourth-order valence-corrected chi connectivity index (χ4v) is 5.39. The molecule has 2 amide bonds. The van der Waals surface area contributed by atoms with Gasteiger partial charge in [-0.1, -0.05) is 25.1 Å². The molecule has 8 nitrogen and oxygen atoms in total. The summed E-state index contributed by atoms with van der Waals surface area (Å²) in [6, 6.07) is 7.56. The van der Waals surface area contributed by atoms with Crippen molar-refractivity contribution in [2.45, 2.75) is 83.0 Å². The third-order valence-electron chi connectivity index (χ3n) is 7.51. The number of nitrogens with two attached hydrogens (primary N) is 1. The highest BCUT2D eigenvalue weighted by Gasteiger charge is 2.52. The number of carbonyl (C=O) groups excluding carboxylic acids is 2. The van der Waals surface area contributed by atoms with Crippen molar-refractivity contribution in [1.29, 1.82) is 0 Å². The molecule has 34 heavy (non-hydrogen) atoms. The first kappa shape index (κ1) is 24.5. The molecule has 2 aliphatic heterocycles. The SMILES string of the molecule is CC[C@]1(C)CC(=O)N([C@@H](CCOC)C2C[C@H]2C(=O)N[C@H]2CC(C)(C)Oc3ccccc32)C(N)=N1. The molecule has 1 aliphatic carbocycles.